The summed E-state index contributed by atoms with van der Waals surface area (Å²) in [7, 11) is 0. The van der Waals surface area contributed by atoms with Gasteiger partial charge in [-0.05, 0) is 95.5 Å². The maximum Gasteiger partial charge on any atom is 0.337 e. The maximum atomic E-state index is 12.7. The molecular formula is C31H34N2O4S. The van der Waals surface area contributed by atoms with Gasteiger partial charge < -0.3 is 14.6 Å². The van der Waals surface area contributed by atoms with Crippen molar-refractivity contribution >= 4 is 51.1 Å². The molecule has 1 aromatic heterocycles. The molecule has 38 heavy (non-hydrogen) atoms. The van der Waals surface area contributed by atoms with Crippen LogP contribution in [0.1, 0.15) is 81.2 Å². The Balaban J connectivity index is 1.88. The van der Waals surface area contributed by atoms with Crippen LogP contribution in [0, 0.1) is 6.92 Å². The van der Waals surface area contributed by atoms with E-state index in [0.717, 1.165) is 74.5 Å². The van der Waals surface area contributed by atoms with E-state index in [1.54, 1.807) is 11.3 Å². The highest BCUT2D eigenvalue weighted by Crippen LogP contribution is 2.51. The number of aromatic nitrogens is 1. The number of allylic oxidation sites excluding steroid dienone is 3. The molecule has 0 spiro atoms. The Labute approximate surface area is 227 Å². The molecule has 1 aliphatic heterocycles. The lowest BCUT2D eigenvalue weighted by Gasteiger charge is -2.29. The van der Waals surface area contributed by atoms with Crippen LogP contribution in [-0.4, -0.2) is 35.0 Å². The molecule has 5 rings (SSSR count). The molecule has 6 nitrogen and oxygen atoms in total. The first-order chi connectivity index (χ1) is 18.1. The van der Waals surface area contributed by atoms with Crippen molar-refractivity contribution in [2.45, 2.75) is 72.0 Å². The van der Waals surface area contributed by atoms with Crippen molar-refractivity contribution in [2.24, 2.45) is 4.99 Å². The van der Waals surface area contributed by atoms with E-state index < -0.39 is 17.7 Å². The summed E-state index contributed by atoms with van der Waals surface area (Å²) in [6.07, 6.45) is 7.15. The number of thiazole rings is 1. The minimum absolute atomic E-state index is 0.608. The number of carboxylic acid groups (broad SMARTS) is 1. The quantitative estimate of drug-likeness (QED) is 0.324. The Kier molecular flexibility index (Phi) is 7.01. The van der Waals surface area contributed by atoms with Crippen molar-refractivity contribution in [3.05, 3.63) is 52.0 Å². The monoisotopic (exact) mass is 530 g/mol. The van der Waals surface area contributed by atoms with Crippen molar-refractivity contribution in [1.82, 2.24) is 4.98 Å². The number of hydrogen-bond donors (Lipinski definition) is 1. The fourth-order valence-corrected chi connectivity index (χ4v) is 6.64. The molecule has 0 radical (unpaired) electrons. The molecule has 2 heterocycles. The van der Waals surface area contributed by atoms with E-state index in [0.29, 0.717) is 17.9 Å². The van der Waals surface area contributed by atoms with Crippen molar-refractivity contribution in [3.8, 4) is 16.9 Å². The van der Waals surface area contributed by atoms with Crippen LogP contribution in [0.4, 0.5) is 5.69 Å². The maximum absolute atomic E-state index is 12.7. The van der Waals surface area contributed by atoms with E-state index in [-0.39, 0.29) is 0 Å². The number of carbonyl (C=O) groups is 1. The zero-order chi connectivity index (χ0) is 27.2. The number of hydrogen-bond acceptors (Lipinski definition) is 6. The predicted octanol–water partition coefficient (Wildman–Crippen LogP) is 8.30. The highest BCUT2D eigenvalue weighted by molar-refractivity contribution is 7.20. The van der Waals surface area contributed by atoms with Crippen LogP contribution in [-0.2, 0) is 9.53 Å². The van der Waals surface area contributed by atoms with E-state index in [2.05, 4.69) is 23.9 Å². The number of aliphatic imine (C=N–C) groups is 1. The lowest BCUT2D eigenvalue weighted by molar-refractivity contribution is -0.160. The average molecular weight is 531 g/mol. The van der Waals surface area contributed by atoms with Gasteiger partial charge in [-0.1, -0.05) is 12.2 Å². The van der Waals surface area contributed by atoms with Crippen LogP contribution in [0.25, 0.3) is 32.5 Å². The van der Waals surface area contributed by atoms with Gasteiger partial charge >= 0.3 is 5.97 Å². The number of rotatable bonds is 6. The van der Waals surface area contributed by atoms with E-state index in [4.69, 9.17) is 14.5 Å². The van der Waals surface area contributed by atoms with Crippen molar-refractivity contribution in [3.63, 3.8) is 0 Å². The van der Waals surface area contributed by atoms with Gasteiger partial charge in [-0.2, -0.15) is 0 Å². The standard InChI is InChI=1S/C31H34N2O4S/c1-7-18-14-15-36-22-13-12-20(26(32-6)24(18)22)25-23(27(30(34)35)37-31(3,4)5)17(2)16-21-28(25)38-29(33-21)19-10-8-9-11-19/h7,10,12-13,16,27H,6,8-9,11,14-15H2,1-5H3,(H,34,35)/b18-7-/t27-/m0/s1. The van der Waals surface area contributed by atoms with Gasteiger partial charge in [0, 0.05) is 28.7 Å². The van der Waals surface area contributed by atoms with Gasteiger partial charge in [0.15, 0.2) is 6.10 Å². The Morgan fingerprint density at radius 3 is 2.71 bits per heavy atom. The first kappa shape index (κ1) is 26.3. The Hall–Kier alpha value is -3.29. The Morgan fingerprint density at radius 2 is 2.08 bits per heavy atom. The predicted molar refractivity (Wildman–Crippen MR) is 156 cm³/mol. The third-order valence-electron chi connectivity index (χ3n) is 7.07. The van der Waals surface area contributed by atoms with E-state index >= 15 is 0 Å². The van der Waals surface area contributed by atoms with Gasteiger partial charge in [-0.3, -0.25) is 4.99 Å². The van der Waals surface area contributed by atoms with Gasteiger partial charge in [0.05, 0.1) is 28.1 Å². The van der Waals surface area contributed by atoms with Crippen LogP contribution in [0.5, 0.6) is 5.75 Å². The number of aryl methyl sites for hydroxylation is 1. The third kappa shape index (κ3) is 4.69. The third-order valence-corrected chi connectivity index (χ3v) is 8.23. The number of carboxylic acids is 1. The van der Waals surface area contributed by atoms with E-state index in [1.165, 1.54) is 5.57 Å². The molecule has 1 aliphatic carbocycles. The summed E-state index contributed by atoms with van der Waals surface area (Å²) in [5.74, 6) is -0.266. The molecule has 2 aliphatic rings. The van der Waals surface area contributed by atoms with E-state index in [9.17, 15) is 9.90 Å². The van der Waals surface area contributed by atoms with Gasteiger partial charge in [-0.15, -0.1) is 11.3 Å². The molecule has 0 saturated heterocycles. The van der Waals surface area contributed by atoms with Crippen molar-refractivity contribution in [1.29, 1.82) is 0 Å². The number of nitrogens with zero attached hydrogens (tertiary/aromatic N) is 2. The number of ether oxygens (including phenoxy) is 2. The molecule has 0 saturated carbocycles. The molecule has 0 bridgehead atoms. The summed E-state index contributed by atoms with van der Waals surface area (Å²) in [5.41, 5.74) is 7.24. The van der Waals surface area contributed by atoms with E-state index in [1.807, 2.05) is 52.8 Å². The smallest absolute Gasteiger partial charge is 0.337 e. The Bertz CT molecular complexity index is 1510. The zero-order valence-electron chi connectivity index (χ0n) is 22.7. The molecule has 2 aromatic carbocycles. The first-order valence-corrected chi connectivity index (χ1v) is 13.9. The second kappa shape index (κ2) is 10.1. The fourth-order valence-electron chi connectivity index (χ4n) is 5.46. The SMILES string of the molecule is C=Nc1c(-c2c([C@H](OC(C)(C)C)C(=O)O)c(C)cc3nc(C4=CCCC4)sc23)ccc2c1/C(=C\C)CCO2. The zero-order valence-corrected chi connectivity index (χ0v) is 23.5. The second-order valence-electron chi connectivity index (χ2n) is 10.8. The summed E-state index contributed by atoms with van der Waals surface area (Å²) < 4.78 is 13.1. The van der Waals surface area contributed by atoms with Gasteiger partial charge in [-0.25, -0.2) is 9.78 Å². The van der Waals surface area contributed by atoms with Crippen LogP contribution in [0.3, 0.4) is 0 Å². The van der Waals surface area contributed by atoms with Crippen LogP contribution >= 0.6 is 11.3 Å². The summed E-state index contributed by atoms with van der Waals surface area (Å²) in [6.45, 7) is 14.1. The minimum atomic E-state index is -1.17. The largest absolute Gasteiger partial charge is 0.493 e. The molecule has 1 atom stereocenters. The molecule has 0 fully saturated rings. The molecule has 7 heteroatoms. The molecule has 0 amide bonds. The first-order valence-electron chi connectivity index (χ1n) is 13.1. The normalized spacial score (nSPS) is 17.3. The fraction of sp³-hybridized carbons (Fsp3) is 0.387. The minimum Gasteiger partial charge on any atom is -0.493 e. The number of fused-ring (bicyclic) bond motifs is 2. The summed E-state index contributed by atoms with van der Waals surface area (Å²) in [4.78, 5) is 22.3. The van der Waals surface area contributed by atoms with Crippen LogP contribution < -0.4 is 4.74 Å². The van der Waals surface area contributed by atoms with Gasteiger partial charge in [0.2, 0.25) is 0 Å². The molecule has 198 valence electrons. The molecule has 3 aromatic rings. The summed E-state index contributed by atoms with van der Waals surface area (Å²) in [5, 5.41) is 11.4. The molecule has 0 unspecified atom stereocenters. The highest BCUT2D eigenvalue weighted by Gasteiger charge is 2.34. The number of benzene rings is 2. The number of aliphatic carboxylic acids is 1. The van der Waals surface area contributed by atoms with Gasteiger partial charge in [0.25, 0.3) is 0 Å². The van der Waals surface area contributed by atoms with Crippen molar-refractivity contribution in [2.75, 3.05) is 6.61 Å². The lowest BCUT2D eigenvalue weighted by Crippen LogP contribution is -2.28. The van der Waals surface area contributed by atoms with Crippen LogP contribution in [0.15, 0.2) is 35.3 Å². The second-order valence-corrected chi connectivity index (χ2v) is 11.8. The summed E-state index contributed by atoms with van der Waals surface area (Å²) in [6, 6.07) is 5.93. The van der Waals surface area contributed by atoms with Crippen LogP contribution in [0.2, 0.25) is 0 Å². The Morgan fingerprint density at radius 1 is 1.29 bits per heavy atom. The lowest BCUT2D eigenvalue weighted by atomic mass is 9.87. The average Bonchev–Trinajstić information content (AvgIpc) is 3.55. The molecular weight excluding hydrogens is 496 g/mol. The summed E-state index contributed by atoms with van der Waals surface area (Å²) >= 11 is 1.61. The van der Waals surface area contributed by atoms with Gasteiger partial charge in [0.1, 0.15) is 10.8 Å². The topological polar surface area (TPSA) is 81.0 Å². The highest BCUT2D eigenvalue weighted by atomic mass is 32.1. The van der Waals surface area contributed by atoms with Crippen molar-refractivity contribution < 1.29 is 19.4 Å². The molecule has 1 N–H and O–H groups in total.